The molecule has 0 spiro atoms. The van der Waals surface area contributed by atoms with Gasteiger partial charge in [0.15, 0.2) is 0 Å². The smallest absolute Gasteiger partial charge is 0.325 e. The molecule has 0 aliphatic carbocycles. The van der Waals surface area contributed by atoms with Gasteiger partial charge in [-0.25, -0.2) is 4.79 Å². The highest BCUT2D eigenvalue weighted by Crippen LogP contribution is 2.33. The van der Waals surface area contributed by atoms with E-state index in [1.54, 1.807) is 7.11 Å². The van der Waals surface area contributed by atoms with E-state index in [1.165, 1.54) is 0 Å². The molecule has 0 N–H and O–H groups in total. The maximum Gasteiger partial charge on any atom is 0.325 e. The van der Waals surface area contributed by atoms with Gasteiger partial charge in [0.1, 0.15) is 5.75 Å². The molecule has 3 rings (SSSR count). The second kappa shape index (κ2) is 7.91. The second-order valence-corrected chi connectivity index (χ2v) is 7.10. The molecule has 25 heavy (non-hydrogen) atoms. The number of amides is 2. The summed E-state index contributed by atoms with van der Waals surface area (Å²) in [4.78, 5) is 16.9. The molecule has 2 aromatic carbocycles. The number of benzene rings is 2. The molecule has 2 amide bonds. The molecule has 0 saturated carbocycles. The van der Waals surface area contributed by atoms with Crippen LogP contribution in [0.3, 0.4) is 0 Å². The highest BCUT2D eigenvalue weighted by atomic mass is 79.9. The molecular formula is C20H23BrN2O2. The lowest BCUT2D eigenvalue weighted by atomic mass is 10.0. The fourth-order valence-electron chi connectivity index (χ4n) is 3.33. The summed E-state index contributed by atoms with van der Waals surface area (Å²) < 4.78 is 6.37. The van der Waals surface area contributed by atoms with E-state index < -0.39 is 0 Å². The lowest BCUT2D eigenvalue weighted by Crippen LogP contribution is -2.34. The molecule has 1 saturated heterocycles. The maximum absolute atomic E-state index is 13.0. The third-order valence-corrected chi connectivity index (χ3v) is 5.12. The lowest BCUT2D eigenvalue weighted by Gasteiger charge is -2.28. The normalized spacial score (nSPS) is 15.6. The molecule has 1 fully saturated rings. The minimum atomic E-state index is 0.0728. The summed E-state index contributed by atoms with van der Waals surface area (Å²) in [5, 5.41) is 0. The van der Waals surface area contributed by atoms with Crippen LogP contribution in [0.1, 0.15) is 31.4 Å². The minimum Gasteiger partial charge on any atom is -0.497 e. The summed E-state index contributed by atoms with van der Waals surface area (Å²) in [6.45, 7) is 3.60. The Kier molecular flexibility index (Phi) is 5.63. The van der Waals surface area contributed by atoms with Gasteiger partial charge < -0.3 is 9.64 Å². The molecule has 1 aliphatic rings. The predicted molar refractivity (Wildman–Crippen MR) is 104 cm³/mol. The van der Waals surface area contributed by atoms with E-state index in [9.17, 15) is 4.79 Å². The standard InChI is InChI=1S/C20H23BrN2O2/c1-3-5-19(15-6-4-7-18(14-15)25-2)23-13-12-22(20(23)24)17-10-8-16(21)9-11-17/h4,6-11,14,19H,3,5,12-13H2,1-2H3. The Labute approximate surface area is 157 Å². The number of hydrogen-bond acceptors (Lipinski definition) is 2. The first-order chi connectivity index (χ1) is 12.1. The van der Waals surface area contributed by atoms with Crippen LogP contribution in [0.4, 0.5) is 10.5 Å². The van der Waals surface area contributed by atoms with Gasteiger partial charge in [-0.1, -0.05) is 41.4 Å². The van der Waals surface area contributed by atoms with Gasteiger partial charge in [-0.05, 0) is 48.4 Å². The molecule has 1 aliphatic heterocycles. The monoisotopic (exact) mass is 402 g/mol. The van der Waals surface area contributed by atoms with Crippen molar-refractivity contribution in [2.45, 2.75) is 25.8 Å². The number of nitrogens with zero attached hydrogens (tertiary/aromatic N) is 2. The number of hydrogen-bond donors (Lipinski definition) is 0. The van der Waals surface area contributed by atoms with Crippen LogP contribution in [0.5, 0.6) is 5.75 Å². The summed E-state index contributed by atoms with van der Waals surface area (Å²) in [5.41, 5.74) is 2.07. The van der Waals surface area contributed by atoms with Gasteiger partial charge in [0.05, 0.1) is 13.2 Å². The van der Waals surface area contributed by atoms with E-state index in [1.807, 2.05) is 52.3 Å². The van der Waals surface area contributed by atoms with Gasteiger partial charge in [0.25, 0.3) is 0 Å². The van der Waals surface area contributed by atoms with Crippen LogP contribution in [-0.2, 0) is 0 Å². The Bertz CT molecular complexity index is 733. The number of anilines is 1. The number of urea groups is 1. The van der Waals surface area contributed by atoms with Crippen LogP contribution >= 0.6 is 15.9 Å². The van der Waals surface area contributed by atoms with Crippen molar-refractivity contribution in [1.29, 1.82) is 0 Å². The summed E-state index contributed by atoms with van der Waals surface area (Å²) >= 11 is 3.44. The molecule has 132 valence electrons. The van der Waals surface area contributed by atoms with Crippen LogP contribution in [0, 0.1) is 0 Å². The second-order valence-electron chi connectivity index (χ2n) is 6.19. The van der Waals surface area contributed by atoms with Crippen LogP contribution < -0.4 is 9.64 Å². The Morgan fingerprint density at radius 1 is 1.16 bits per heavy atom. The number of ether oxygens (including phenoxy) is 1. The zero-order valence-electron chi connectivity index (χ0n) is 14.6. The topological polar surface area (TPSA) is 32.8 Å². The average molecular weight is 403 g/mol. The van der Waals surface area contributed by atoms with Gasteiger partial charge in [0.2, 0.25) is 0 Å². The molecule has 5 heteroatoms. The fraction of sp³-hybridized carbons (Fsp3) is 0.350. The summed E-state index contributed by atoms with van der Waals surface area (Å²) in [7, 11) is 1.67. The van der Waals surface area contributed by atoms with E-state index in [0.717, 1.165) is 40.9 Å². The molecule has 0 bridgehead atoms. The van der Waals surface area contributed by atoms with Crippen molar-refractivity contribution in [2.75, 3.05) is 25.1 Å². The average Bonchev–Trinajstić information content (AvgIpc) is 3.01. The predicted octanol–water partition coefficient (Wildman–Crippen LogP) is 5.24. The third-order valence-electron chi connectivity index (χ3n) is 4.60. The van der Waals surface area contributed by atoms with Crippen molar-refractivity contribution in [2.24, 2.45) is 0 Å². The third kappa shape index (κ3) is 3.82. The summed E-state index contributed by atoms with van der Waals surface area (Å²) in [6, 6.07) is 16.1. The van der Waals surface area contributed by atoms with E-state index >= 15 is 0 Å². The van der Waals surface area contributed by atoms with Crippen molar-refractivity contribution in [3.63, 3.8) is 0 Å². The molecule has 2 aromatic rings. The zero-order chi connectivity index (χ0) is 17.8. The highest BCUT2D eigenvalue weighted by molar-refractivity contribution is 9.10. The van der Waals surface area contributed by atoms with Gasteiger partial charge in [0, 0.05) is 23.2 Å². The molecule has 1 unspecified atom stereocenters. The molecule has 4 nitrogen and oxygen atoms in total. The quantitative estimate of drug-likeness (QED) is 0.661. The van der Waals surface area contributed by atoms with Gasteiger partial charge in [-0.2, -0.15) is 0 Å². The zero-order valence-corrected chi connectivity index (χ0v) is 16.2. The number of carbonyl (C=O) groups excluding carboxylic acids is 1. The largest absolute Gasteiger partial charge is 0.497 e. The van der Waals surface area contributed by atoms with Crippen LogP contribution in [-0.4, -0.2) is 31.1 Å². The van der Waals surface area contributed by atoms with Gasteiger partial charge >= 0.3 is 6.03 Å². The van der Waals surface area contributed by atoms with Crippen molar-refractivity contribution in [3.8, 4) is 5.75 Å². The van der Waals surface area contributed by atoms with E-state index in [0.29, 0.717) is 6.54 Å². The van der Waals surface area contributed by atoms with Crippen LogP contribution in [0.2, 0.25) is 0 Å². The Morgan fingerprint density at radius 3 is 2.60 bits per heavy atom. The number of carbonyl (C=O) groups is 1. The van der Waals surface area contributed by atoms with Gasteiger partial charge in [-0.15, -0.1) is 0 Å². The maximum atomic E-state index is 13.0. The Morgan fingerprint density at radius 2 is 1.92 bits per heavy atom. The van der Waals surface area contributed by atoms with E-state index in [4.69, 9.17) is 4.74 Å². The number of halogens is 1. The van der Waals surface area contributed by atoms with E-state index in [2.05, 4.69) is 28.9 Å². The summed E-state index contributed by atoms with van der Waals surface area (Å²) in [6.07, 6.45) is 1.96. The van der Waals surface area contributed by atoms with Crippen LogP contribution in [0.15, 0.2) is 53.0 Å². The molecule has 0 radical (unpaired) electrons. The first-order valence-electron chi connectivity index (χ1n) is 8.61. The molecule has 1 atom stereocenters. The summed E-state index contributed by atoms with van der Waals surface area (Å²) in [5.74, 6) is 0.829. The van der Waals surface area contributed by atoms with Crippen LogP contribution in [0.25, 0.3) is 0 Å². The number of rotatable bonds is 6. The SMILES string of the molecule is CCCC(c1cccc(OC)c1)N1CCN(c2ccc(Br)cc2)C1=O. The van der Waals surface area contributed by atoms with Crippen molar-refractivity contribution in [3.05, 3.63) is 58.6 Å². The highest BCUT2D eigenvalue weighted by Gasteiger charge is 2.34. The number of methoxy groups -OCH3 is 1. The van der Waals surface area contributed by atoms with Gasteiger partial charge in [-0.3, -0.25) is 4.90 Å². The fourth-order valence-corrected chi connectivity index (χ4v) is 3.59. The Hall–Kier alpha value is -2.01. The minimum absolute atomic E-state index is 0.0728. The molecule has 0 aromatic heterocycles. The van der Waals surface area contributed by atoms with Crippen molar-refractivity contribution in [1.82, 2.24) is 4.90 Å². The van der Waals surface area contributed by atoms with Crippen molar-refractivity contribution < 1.29 is 9.53 Å². The lowest BCUT2D eigenvalue weighted by molar-refractivity contribution is 0.197. The Balaban J connectivity index is 1.85. The molecule has 1 heterocycles. The molecular weight excluding hydrogens is 380 g/mol. The first kappa shape index (κ1) is 17.8. The van der Waals surface area contributed by atoms with Crippen molar-refractivity contribution >= 4 is 27.6 Å². The first-order valence-corrected chi connectivity index (χ1v) is 9.41. The van der Waals surface area contributed by atoms with E-state index in [-0.39, 0.29) is 12.1 Å².